The molecule has 0 atom stereocenters. The topological polar surface area (TPSA) is 318 Å². The Hall–Kier alpha value is -8.35. The standard InChI is InChI=1S/2C13H11NO4S.C13H13NO2S.C6H5ClO2S.C6H6N2O2/c2*15-14(16)12-6-4-5-11(9-12)10-19(17,18)13-7-2-1-3-8-13;14-12-6-4-5-11(9-12)10-17(15,16)13-7-2-1-3-8-13;7-10(8,9)6-4-2-1-3-5-6;7-5-2-1-3-6(4-5)8(9)10/h2*1-9H,10H2;1-9H,10,14H2;1-5H;1-4H,7H2. The van der Waals surface area contributed by atoms with Crippen LogP contribution in [-0.4, -0.2) is 48.4 Å². The third-order valence-electron chi connectivity index (χ3n) is 9.68. The molecule has 0 heterocycles. The number of hydrogen-bond acceptors (Lipinski definition) is 16. The zero-order valence-electron chi connectivity index (χ0n) is 39.1. The summed E-state index contributed by atoms with van der Waals surface area (Å²) in [5, 5.41) is 31.4. The summed E-state index contributed by atoms with van der Waals surface area (Å²) in [5.74, 6) is -0.528. The number of rotatable bonds is 13. The first kappa shape index (κ1) is 59.2. The van der Waals surface area contributed by atoms with Gasteiger partial charge in [-0.3, -0.25) is 30.3 Å². The van der Waals surface area contributed by atoms with Crippen molar-refractivity contribution < 1.29 is 48.4 Å². The molecule has 8 rings (SSSR count). The molecule has 0 fully saturated rings. The van der Waals surface area contributed by atoms with Crippen LogP contribution in [0.25, 0.3) is 0 Å². The molecule has 0 aliphatic heterocycles. The Morgan fingerprint density at radius 1 is 0.333 bits per heavy atom. The van der Waals surface area contributed by atoms with Crippen molar-refractivity contribution >= 4 is 77.7 Å². The molecule has 4 N–H and O–H groups in total. The largest absolute Gasteiger partial charge is 0.399 e. The molecule has 0 aliphatic rings. The molecule has 0 aliphatic carbocycles. The van der Waals surface area contributed by atoms with Crippen molar-refractivity contribution in [2.45, 2.75) is 36.8 Å². The quantitative estimate of drug-likeness (QED) is 0.0469. The van der Waals surface area contributed by atoms with Gasteiger partial charge in [-0.05, 0) is 83.4 Å². The van der Waals surface area contributed by atoms with E-state index in [2.05, 4.69) is 0 Å². The van der Waals surface area contributed by atoms with Crippen molar-refractivity contribution in [3.05, 3.63) is 265 Å². The molecule has 8 aromatic carbocycles. The second kappa shape index (κ2) is 27.6. The highest BCUT2D eigenvalue weighted by atomic mass is 35.7. The van der Waals surface area contributed by atoms with Gasteiger partial charge in [-0.25, -0.2) is 33.7 Å². The van der Waals surface area contributed by atoms with E-state index < -0.39 is 53.3 Å². The number of halogens is 1. The first-order chi connectivity index (χ1) is 35.4. The van der Waals surface area contributed by atoms with Gasteiger partial charge in [0.1, 0.15) is 0 Å². The van der Waals surface area contributed by atoms with Gasteiger partial charge < -0.3 is 11.5 Å². The lowest BCUT2D eigenvalue weighted by Gasteiger charge is -2.05. The molecule has 0 radical (unpaired) electrons. The molecule has 75 heavy (non-hydrogen) atoms. The minimum absolute atomic E-state index is 0.0257. The summed E-state index contributed by atoms with van der Waals surface area (Å²) < 4.78 is 93.8. The van der Waals surface area contributed by atoms with Gasteiger partial charge in [-0.1, -0.05) is 115 Å². The van der Waals surface area contributed by atoms with Crippen molar-refractivity contribution in [1.82, 2.24) is 0 Å². The van der Waals surface area contributed by atoms with E-state index in [0.717, 1.165) is 0 Å². The molecule has 0 saturated heterocycles. The Kier molecular flexibility index (Phi) is 21.8. The molecule has 0 aromatic heterocycles. The summed E-state index contributed by atoms with van der Waals surface area (Å²) in [6.45, 7) is 0. The van der Waals surface area contributed by atoms with Crippen LogP contribution < -0.4 is 11.5 Å². The van der Waals surface area contributed by atoms with Gasteiger partial charge in [-0.2, -0.15) is 0 Å². The number of nitro groups is 3. The van der Waals surface area contributed by atoms with Crippen molar-refractivity contribution in [2.75, 3.05) is 11.5 Å². The van der Waals surface area contributed by atoms with E-state index in [-0.39, 0.29) is 49.0 Å². The maximum atomic E-state index is 12.1. The predicted octanol–water partition coefficient (Wildman–Crippen LogP) is 10.2. The van der Waals surface area contributed by atoms with Gasteiger partial charge in [0, 0.05) is 58.5 Å². The van der Waals surface area contributed by atoms with Crippen molar-refractivity contribution in [3.63, 3.8) is 0 Å². The molecule has 8 aromatic rings. The van der Waals surface area contributed by atoms with Gasteiger partial charge in [0.15, 0.2) is 29.5 Å². The van der Waals surface area contributed by atoms with Crippen LogP contribution in [0.1, 0.15) is 16.7 Å². The summed E-state index contributed by atoms with van der Waals surface area (Å²) in [7, 11) is -8.74. The number of non-ortho nitro benzene ring substituents is 3. The van der Waals surface area contributed by atoms with Crippen LogP contribution in [0.5, 0.6) is 0 Å². The summed E-state index contributed by atoms with van der Waals surface area (Å²) in [6.07, 6.45) is 0. The van der Waals surface area contributed by atoms with Crippen LogP contribution in [0.4, 0.5) is 28.4 Å². The zero-order chi connectivity index (χ0) is 55.2. The average Bonchev–Trinajstić information content (AvgIpc) is 3.38. The van der Waals surface area contributed by atoms with Crippen LogP contribution in [0.2, 0.25) is 0 Å². The Labute approximate surface area is 437 Å². The third-order valence-corrected chi connectivity index (χ3v) is 16.2. The van der Waals surface area contributed by atoms with Crippen LogP contribution in [0.15, 0.2) is 238 Å². The number of nitrogen functional groups attached to an aromatic ring is 2. The lowest BCUT2D eigenvalue weighted by Crippen LogP contribution is -2.05. The van der Waals surface area contributed by atoms with Crippen LogP contribution in [0.3, 0.4) is 0 Å². The molecular formula is C51H46ClN5O14S4. The molecule has 390 valence electrons. The maximum absolute atomic E-state index is 12.1. The third kappa shape index (κ3) is 20.2. The first-order valence-electron chi connectivity index (χ1n) is 21.5. The lowest BCUT2D eigenvalue weighted by molar-refractivity contribution is -0.385. The second-order valence-electron chi connectivity index (χ2n) is 15.4. The van der Waals surface area contributed by atoms with Crippen molar-refractivity contribution in [2.24, 2.45) is 0 Å². The number of nitro benzene ring substituents is 3. The lowest BCUT2D eigenvalue weighted by atomic mass is 10.2. The molecule has 0 saturated carbocycles. The fraction of sp³-hybridized carbons (Fsp3) is 0.0588. The molecule has 0 amide bonds. The summed E-state index contributed by atoms with van der Waals surface area (Å²) >= 11 is 0. The molecule has 0 spiro atoms. The predicted molar refractivity (Wildman–Crippen MR) is 286 cm³/mol. The Bertz CT molecular complexity index is 3540. The van der Waals surface area contributed by atoms with Crippen molar-refractivity contribution in [3.8, 4) is 0 Å². The van der Waals surface area contributed by atoms with E-state index in [0.29, 0.717) is 33.0 Å². The second-order valence-corrected chi connectivity index (χ2v) is 24.0. The monoisotopic (exact) mass is 1120 g/mol. The Balaban J connectivity index is 0.000000208. The first-order valence-corrected chi connectivity index (χ1v) is 28.8. The zero-order valence-corrected chi connectivity index (χ0v) is 43.2. The molecule has 0 bridgehead atoms. The number of anilines is 2. The van der Waals surface area contributed by atoms with E-state index >= 15 is 0 Å². The number of nitrogens with zero attached hydrogens (tertiary/aromatic N) is 3. The SMILES string of the molecule is Nc1cccc(CS(=O)(=O)c2ccccc2)c1.Nc1cccc([N+](=O)[O-])c1.O=S(=O)(Cl)c1ccccc1.O=[N+]([O-])c1cccc(CS(=O)(=O)c2ccccc2)c1.O=[N+]([O-])c1cccc(CS(=O)(=O)c2ccccc2)c1. The number of nitrogens with two attached hydrogens (primary N) is 2. The van der Waals surface area contributed by atoms with Crippen molar-refractivity contribution in [1.29, 1.82) is 0 Å². The van der Waals surface area contributed by atoms with E-state index in [9.17, 15) is 64.0 Å². The van der Waals surface area contributed by atoms with Gasteiger partial charge in [0.2, 0.25) is 0 Å². The summed E-state index contributed by atoms with van der Waals surface area (Å²) in [4.78, 5) is 30.7. The molecule has 0 unspecified atom stereocenters. The minimum atomic E-state index is -3.53. The van der Waals surface area contributed by atoms with Crippen LogP contribution >= 0.6 is 10.7 Å². The fourth-order valence-corrected chi connectivity index (χ4v) is 11.1. The van der Waals surface area contributed by atoms with Crippen LogP contribution in [-0.2, 0) is 55.8 Å². The molecular weight excluding hydrogens is 1070 g/mol. The van der Waals surface area contributed by atoms with E-state index in [4.69, 9.17) is 22.1 Å². The Morgan fingerprint density at radius 3 is 0.840 bits per heavy atom. The molecule has 24 heteroatoms. The normalized spacial score (nSPS) is 10.9. The van der Waals surface area contributed by atoms with Gasteiger partial charge >= 0.3 is 0 Å². The van der Waals surface area contributed by atoms with Gasteiger partial charge in [0.05, 0.1) is 51.6 Å². The number of sulfone groups is 3. The van der Waals surface area contributed by atoms with Crippen LogP contribution in [0, 0.1) is 30.3 Å². The molecule has 19 nitrogen and oxygen atoms in total. The maximum Gasteiger partial charge on any atom is 0.271 e. The smallest absolute Gasteiger partial charge is 0.271 e. The van der Waals surface area contributed by atoms with Gasteiger partial charge in [-0.15, -0.1) is 0 Å². The summed E-state index contributed by atoms with van der Waals surface area (Å²) in [6, 6.07) is 56.4. The highest BCUT2D eigenvalue weighted by Crippen LogP contribution is 2.22. The van der Waals surface area contributed by atoms with E-state index in [1.807, 2.05) is 0 Å². The number of hydrogen-bond donors (Lipinski definition) is 2. The highest BCUT2D eigenvalue weighted by molar-refractivity contribution is 8.13. The highest BCUT2D eigenvalue weighted by Gasteiger charge is 2.19. The van der Waals surface area contributed by atoms with Gasteiger partial charge in [0.25, 0.3) is 26.1 Å². The average molecular weight is 1120 g/mol. The minimum Gasteiger partial charge on any atom is -0.399 e. The van der Waals surface area contributed by atoms with E-state index in [1.54, 1.807) is 133 Å². The Morgan fingerprint density at radius 2 is 0.587 bits per heavy atom. The van der Waals surface area contributed by atoms with E-state index in [1.165, 1.54) is 84.9 Å². The summed E-state index contributed by atoms with van der Waals surface area (Å²) in [5.41, 5.74) is 13.2. The number of benzene rings is 8. The fourth-order valence-electron chi connectivity index (χ4n) is 6.22.